The number of benzene rings is 1. The maximum absolute atomic E-state index is 12.5. The standard InChI is InChI=1S/C18H18N2OS/c1-3-6-13-11-17(22-12(13)2)18(21)20-16-9-4-8-15-14(16)7-5-10-19-15/h4-5,7-11H,3,6H2,1-2H3,(H,20,21). The van der Waals surface area contributed by atoms with Gasteiger partial charge in [0.1, 0.15) is 0 Å². The van der Waals surface area contributed by atoms with E-state index in [1.807, 2.05) is 36.4 Å². The molecule has 0 saturated carbocycles. The zero-order chi connectivity index (χ0) is 15.5. The molecule has 0 aliphatic heterocycles. The van der Waals surface area contributed by atoms with Gasteiger partial charge in [-0.1, -0.05) is 19.4 Å². The third-order valence-electron chi connectivity index (χ3n) is 3.66. The summed E-state index contributed by atoms with van der Waals surface area (Å²) in [5, 5.41) is 3.97. The molecule has 2 aromatic heterocycles. The smallest absolute Gasteiger partial charge is 0.265 e. The van der Waals surface area contributed by atoms with Crippen LogP contribution < -0.4 is 5.32 Å². The summed E-state index contributed by atoms with van der Waals surface area (Å²) in [4.78, 5) is 18.8. The summed E-state index contributed by atoms with van der Waals surface area (Å²) in [6.45, 7) is 4.23. The summed E-state index contributed by atoms with van der Waals surface area (Å²) >= 11 is 1.56. The molecule has 3 nitrogen and oxygen atoms in total. The molecular weight excluding hydrogens is 292 g/mol. The molecule has 0 atom stereocenters. The number of hydrogen-bond acceptors (Lipinski definition) is 3. The van der Waals surface area contributed by atoms with Crippen molar-refractivity contribution in [1.29, 1.82) is 0 Å². The van der Waals surface area contributed by atoms with Gasteiger partial charge in [0, 0.05) is 16.5 Å². The fourth-order valence-electron chi connectivity index (χ4n) is 2.55. The predicted molar refractivity (Wildman–Crippen MR) is 92.7 cm³/mol. The van der Waals surface area contributed by atoms with Crippen molar-refractivity contribution in [3.05, 3.63) is 57.9 Å². The van der Waals surface area contributed by atoms with Gasteiger partial charge in [0.05, 0.1) is 16.1 Å². The van der Waals surface area contributed by atoms with E-state index >= 15 is 0 Å². The average molecular weight is 310 g/mol. The number of aromatic nitrogens is 1. The van der Waals surface area contributed by atoms with Gasteiger partial charge in [-0.25, -0.2) is 0 Å². The molecule has 0 saturated heterocycles. The van der Waals surface area contributed by atoms with Gasteiger partial charge in [-0.3, -0.25) is 9.78 Å². The van der Waals surface area contributed by atoms with Crippen molar-refractivity contribution in [3.63, 3.8) is 0 Å². The van der Waals surface area contributed by atoms with Crippen molar-refractivity contribution in [2.75, 3.05) is 5.32 Å². The minimum absolute atomic E-state index is 0.0493. The second kappa shape index (κ2) is 6.28. The Balaban J connectivity index is 1.88. The SMILES string of the molecule is CCCc1cc(C(=O)Nc2cccc3ncccc23)sc1C. The number of thiophene rings is 1. The molecule has 3 rings (SSSR count). The first-order chi connectivity index (χ1) is 10.7. The van der Waals surface area contributed by atoms with Crippen molar-refractivity contribution < 1.29 is 4.79 Å². The van der Waals surface area contributed by atoms with Gasteiger partial charge in [0.2, 0.25) is 0 Å². The summed E-state index contributed by atoms with van der Waals surface area (Å²) in [7, 11) is 0. The van der Waals surface area contributed by atoms with Crippen molar-refractivity contribution in [1.82, 2.24) is 4.98 Å². The zero-order valence-electron chi connectivity index (χ0n) is 12.7. The van der Waals surface area contributed by atoms with Crippen LogP contribution in [-0.2, 0) is 6.42 Å². The molecule has 1 amide bonds. The van der Waals surface area contributed by atoms with Crippen LogP contribution in [0.4, 0.5) is 5.69 Å². The van der Waals surface area contributed by atoms with Crippen LogP contribution in [0.15, 0.2) is 42.6 Å². The molecule has 1 N–H and O–H groups in total. The molecule has 0 radical (unpaired) electrons. The van der Waals surface area contributed by atoms with Gasteiger partial charge >= 0.3 is 0 Å². The van der Waals surface area contributed by atoms with Gasteiger partial charge in [0.15, 0.2) is 0 Å². The number of fused-ring (bicyclic) bond motifs is 1. The molecule has 0 bridgehead atoms. The minimum Gasteiger partial charge on any atom is -0.321 e. The lowest BCUT2D eigenvalue weighted by Crippen LogP contribution is -2.10. The van der Waals surface area contributed by atoms with Crippen molar-refractivity contribution in [2.24, 2.45) is 0 Å². The molecule has 0 aliphatic carbocycles. The fourth-order valence-corrected chi connectivity index (χ4v) is 3.51. The van der Waals surface area contributed by atoms with Gasteiger partial charge in [-0.2, -0.15) is 0 Å². The molecule has 3 aromatic rings. The highest BCUT2D eigenvalue weighted by Gasteiger charge is 2.13. The molecule has 22 heavy (non-hydrogen) atoms. The Labute approximate surface area is 134 Å². The predicted octanol–water partition coefficient (Wildman–Crippen LogP) is 4.81. The van der Waals surface area contributed by atoms with Crippen LogP contribution in [0.2, 0.25) is 0 Å². The molecular formula is C18H18N2OS. The van der Waals surface area contributed by atoms with E-state index < -0.39 is 0 Å². The normalized spacial score (nSPS) is 10.8. The third kappa shape index (κ3) is 2.88. The Morgan fingerprint density at radius 3 is 2.95 bits per heavy atom. The molecule has 0 fully saturated rings. The maximum atomic E-state index is 12.5. The van der Waals surface area contributed by atoms with E-state index in [0.29, 0.717) is 0 Å². The fraction of sp³-hybridized carbons (Fsp3) is 0.222. The van der Waals surface area contributed by atoms with E-state index in [2.05, 4.69) is 24.1 Å². The Morgan fingerprint density at radius 1 is 1.27 bits per heavy atom. The molecule has 2 heterocycles. The van der Waals surface area contributed by atoms with Gasteiger partial charge in [-0.05, 0) is 49.2 Å². The lowest BCUT2D eigenvalue weighted by atomic mass is 10.1. The van der Waals surface area contributed by atoms with Gasteiger partial charge in [0.25, 0.3) is 5.91 Å². The quantitative estimate of drug-likeness (QED) is 0.751. The first-order valence-electron chi connectivity index (χ1n) is 7.43. The maximum Gasteiger partial charge on any atom is 0.265 e. The van der Waals surface area contributed by atoms with E-state index in [-0.39, 0.29) is 5.91 Å². The van der Waals surface area contributed by atoms with Crippen molar-refractivity contribution >= 4 is 33.8 Å². The lowest BCUT2D eigenvalue weighted by molar-refractivity contribution is 0.103. The summed E-state index contributed by atoms with van der Waals surface area (Å²) in [6, 6.07) is 11.6. The second-order valence-electron chi connectivity index (χ2n) is 5.27. The molecule has 1 aromatic carbocycles. The lowest BCUT2D eigenvalue weighted by Gasteiger charge is -2.07. The summed E-state index contributed by atoms with van der Waals surface area (Å²) in [6.07, 6.45) is 3.87. The van der Waals surface area contributed by atoms with Crippen LogP contribution in [0.3, 0.4) is 0 Å². The molecule has 0 unspecified atom stereocenters. The summed E-state index contributed by atoms with van der Waals surface area (Å²) < 4.78 is 0. The molecule has 4 heteroatoms. The topological polar surface area (TPSA) is 42.0 Å². The zero-order valence-corrected chi connectivity index (χ0v) is 13.5. The van der Waals surface area contributed by atoms with Gasteiger partial charge in [-0.15, -0.1) is 11.3 Å². The molecule has 112 valence electrons. The Morgan fingerprint density at radius 2 is 2.14 bits per heavy atom. The van der Waals surface area contributed by atoms with Crippen LogP contribution in [-0.4, -0.2) is 10.9 Å². The van der Waals surface area contributed by atoms with E-state index in [1.165, 1.54) is 10.4 Å². The van der Waals surface area contributed by atoms with E-state index in [0.717, 1.165) is 34.3 Å². The Kier molecular flexibility index (Phi) is 4.20. The number of carbonyl (C=O) groups is 1. The van der Waals surface area contributed by atoms with Crippen LogP contribution in [0, 0.1) is 6.92 Å². The van der Waals surface area contributed by atoms with Crippen LogP contribution in [0.1, 0.15) is 33.5 Å². The number of pyridine rings is 1. The molecule has 0 aliphatic rings. The number of aryl methyl sites for hydroxylation is 2. The number of nitrogens with one attached hydrogen (secondary N) is 1. The van der Waals surface area contributed by atoms with Gasteiger partial charge < -0.3 is 5.32 Å². The Hall–Kier alpha value is -2.20. The highest BCUT2D eigenvalue weighted by Crippen LogP contribution is 2.26. The average Bonchev–Trinajstić information content (AvgIpc) is 2.89. The number of carbonyl (C=O) groups excluding carboxylic acids is 1. The summed E-state index contributed by atoms with van der Waals surface area (Å²) in [5.74, 6) is -0.0493. The third-order valence-corrected chi connectivity index (χ3v) is 4.75. The van der Waals surface area contributed by atoms with Crippen LogP contribution in [0.25, 0.3) is 10.9 Å². The van der Waals surface area contributed by atoms with Crippen LogP contribution >= 0.6 is 11.3 Å². The largest absolute Gasteiger partial charge is 0.321 e. The highest BCUT2D eigenvalue weighted by molar-refractivity contribution is 7.14. The van der Waals surface area contributed by atoms with E-state index in [1.54, 1.807) is 17.5 Å². The van der Waals surface area contributed by atoms with E-state index in [4.69, 9.17) is 0 Å². The number of rotatable bonds is 4. The number of anilines is 1. The molecule has 0 spiro atoms. The highest BCUT2D eigenvalue weighted by atomic mass is 32.1. The second-order valence-corrected chi connectivity index (χ2v) is 6.53. The minimum atomic E-state index is -0.0493. The van der Waals surface area contributed by atoms with E-state index in [9.17, 15) is 4.79 Å². The van der Waals surface area contributed by atoms with Crippen molar-refractivity contribution in [3.8, 4) is 0 Å². The number of amides is 1. The number of nitrogens with zero attached hydrogens (tertiary/aromatic N) is 1. The first kappa shape index (κ1) is 14.7. The first-order valence-corrected chi connectivity index (χ1v) is 8.25. The number of hydrogen-bond donors (Lipinski definition) is 1. The monoisotopic (exact) mass is 310 g/mol. The summed E-state index contributed by atoms with van der Waals surface area (Å²) in [5.41, 5.74) is 2.96. The Bertz CT molecular complexity index is 818. The van der Waals surface area contributed by atoms with Crippen LogP contribution in [0.5, 0.6) is 0 Å². The van der Waals surface area contributed by atoms with Crippen molar-refractivity contribution in [2.45, 2.75) is 26.7 Å².